The van der Waals surface area contributed by atoms with E-state index in [1.54, 1.807) is 0 Å². The summed E-state index contributed by atoms with van der Waals surface area (Å²) in [6.45, 7) is 1.28. The maximum absolute atomic E-state index is 8.36. The summed E-state index contributed by atoms with van der Waals surface area (Å²) < 4.78 is 0. The first kappa shape index (κ1) is 17.2. The molecule has 0 atom stereocenters. The summed E-state index contributed by atoms with van der Waals surface area (Å²) in [5.74, 6) is -2.45. The van der Waals surface area contributed by atoms with Crippen molar-refractivity contribution >= 4 is 0 Å². The molecule has 0 aliphatic heterocycles. The summed E-state index contributed by atoms with van der Waals surface area (Å²) >= 11 is 0. The molecular weight excluding hydrogens is 204 g/mol. The van der Waals surface area contributed by atoms with Crippen molar-refractivity contribution < 1.29 is 30.6 Å². The molecule has 6 heteroatoms. The van der Waals surface area contributed by atoms with E-state index in [2.05, 4.69) is 0 Å². The zero-order valence-corrected chi connectivity index (χ0v) is 9.00. The summed E-state index contributed by atoms with van der Waals surface area (Å²) in [5, 5.41) is 49.1. The zero-order chi connectivity index (χ0) is 12.3. The highest BCUT2D eigenvalue weighted by Gasteiger charge is 2.15. The zero-order valence-electron chi connectivity index (χ0n) is 9.00. The molecule has 0 aliphatic rings. The minimum Gasteiger partial charge on any atom is -0.394 e. The number of aliphatic hydroxyl groups is 6. The van der Waals surface area contributed by atoms with Crippen molar-refractivity contribution in [1.82, 2.24) is 0 Å². The van der Waals surface area contributed by atoms with Crippen LogP contribution in [0.25, 0.3) is 0 Å². The Kier molecular flexibility index (Phi) is 11.8. The van der Waals surface area contributed by atoms with E-state index in [0.717, 1.165) is 12.8 Å². The van der Waals surface area contributed by atoms with E-state index in [9.17, 15) is 0 Å². The highest BCUT2D eigenvalue weighted by atomic mass is 16.7. The Bertz CT molecular complexity index is 118. The lowest BCUT2D eigenvalue weighted by molar-refractivity contribution is -0.314. The molecular formula is C9H22O6. The summed E-state index contributed by atoms with van der Waals surface area (Å²) in [6.07, 6.45) is 1.67. The molecule has 0 amide bonds. The fourth-order valence-electron chi connectivity index (χ4n) is 0.670. The van der Waals surface area contributed by atoms with Gasteiger partial charge in [-0.15, -0.1) is 0 Å². The Morgan fingerprint density at radius 2 is 1.47 bits per heavy atom. The molecule has 0 bridgehead atoms. The molecule has 94 valence electrons. The van der Waals surface area contributed by atoms with Crippen LogP contribution in [0.4, 0.5) is 0 Å². The number of unbranched alkanes of at least 4 members (excludes halogenated alkanes) is 2. The molecule has 0 spiro atoms. The predicted molar refractivity (Wildman–Crippen MR) is 53.7 cm³/mol. The lowest BCUT2D eigenvalue weighted by Gasteiger charge is -2.12. The van der Waals surface area contributed by atoms with Gasteiger partial charge >= 0.3 is 0 Å². The molecule has 0 saturated heterocycles. The van der Waals surface area contributed by atoms with Gasteiger partial charge in [0, 0.05) is 6.42 Å². The Balaban J connectivity index is 0. The van der Waals surface area contributed by atoms with E-state index in [4.69, 9.17) is 30.6 Å². The lowest BCUT2D eigenvalue weighted by Crippen LogP contribution is -2.26. The standard InChI is InChI=1S/C6H14O3.C3H8O3/c1-2-3-4-5-6(7,8)9;4-1-3(6)2-5/h7-9H,2-5H2,1H3;3-6H,1-2H2. The Morgan fingerprint density at radius 1 is 1.00 bits per heavy atom. The van der Waals surface area contributed by atoms with E-state index in [1.165, 1.54) is 0 Å². The highest BCUT2D eigenvalue weighted by molar-refractivity contribution is 4.47. The molecule has 6 nitrogen and oxygen atoms in total. The Morgan fingerprint density at radius 3 is 1.67 bits per heavy atom. The summed E-state index contributed by atoms with van der Waals surface area (Å²) in [7, 11) is 0. The van der Waals surface area contributed by atoms with E-state index in [-0.39, 0.29) is 19.6 Å². The number of aliphatic hydroxyl groups excluding tert-OH is 3. The van der Waals surface area contributed by atoms with Crippen LogP contribution in [0.15, 0.2) is 0 Å². The van der Waals surface area contributed by atoms with Crippen molar-refractivity contribution in [2.24, 2.45) is 0 Å². The van der Waals surface area contributed by atoms with Crippen LogP contribution in [-0.2, 0) is 0 Å². The molecule has 0 saturated carbocycles. The van der Waals surface area contributed by atoms with Crippen molar-refractivity contribution in [3.05, 3.63) is 0 Å². The van der Waals surface area contributed by atoms with Gasteiger partial charge in [-0.3, -0.25) is 0 Å². The minimum absolute atomic E-state index is 0.0425. The van der Waals surface area contributed by atoms with Crippen molar-refractivity contribution in [2.75, 3.05) is 13.2 Å². The van der Waals surface area contributed by atoms with Crippen LogP contribution in [0.2, 0.25) is 0 Å². The Hall–Kier alpha value is -0.240. The first-order chi connectivity index (χ1) is 6.87. The quantitative estimate of drug-likeness (QED) is 0.243. The van der Waals surface area contributed by atoms with Gasteiger partial charge in [0.25, 0.3) is 5.97 Å². The van der Waals surface area contributed by atoms with Gasteiger partial charge < -0.3 is 30.6 Å². The second-order valence-electron chi connectivity index (χ2n) is 3.25. The smallest absolute Gasteiger partial charge is 0.275 e. The van der Waals surface area contributed by atoms with E-state index >= 15 is 0 Å². The first-order valence-corrected chi connectivity index (χ1v) is 4.94. The van der Waals surface area contributed by atoms with Crippen LogP contribution in [-0.4, -0.2) is 55.9 Å². The molecule has 0 aromatic rings. The minimum atomic E-state index is -2.45. The summed E-state index contributed by atoms with van der Waals surface area (Å²) in [4.78, 5) is 0. The third kappa shape index (κ3) is 20.0. The van der Waals surface area contributed by atoms with Crippen LogP contribution >= 0.6 is 0 Å². The fraction of sp³-hybridized carbons (Fsp3) is 1.00. The summed E-state index contributed by atoms with van der Waals surface area (Å²) in [5.41, 5.74) is 0. The van der Waals surface area contributed by atoms with Crippen LogP contribution < -0.4 is 0 Å². The van der Waals surface area contributed by atoms with Gasteiger partial charge in [0.1, 0.15) is 6.10 Å². The second-order valence-corrected chi connectivity index (χ2v) is 3.25. The topological polar surface area (TPSA) is 121 Å². The molecule has 0 aliphatic carbocycles. The number of hydrogen-bond acceptors (Lipinski definition) is 6. The average molecular weight is 226 g/mol. The lowest BCUT2D eigenvalue weighted by atomic mass is 10.2. The number of rotatable bonds is 6. The van der Waals surface area contributed by atoms with Gasteiger partial charge in [0.2, 0.25) is 0 Å². The molecule has 0 unspecified atom stereocenters. The maximum Gasteiger partial charge on any atom is 0.275 e. The maximum atomic E-state index is 8.36. The third-order valence-corrected chi connectivity index (χ3v) is 1.54. The first-order valence-electron chi connectivity index (χ1n) is 4.94. The molecule has 0 aromatic carbocycles. The van der Waals surface area contributed by atoms with E-state index < -0.39 is 12.1 Å². The third-order valence-electron chi connectivity index (χ3n) is 1.54. The van der Waals surface area contributed by atoms with Gasteiger partial charge in [-0.1, -0.05) is 19.8 Å². The van der Waals surface area contributed by atoms with Crippen molar-refractivity contribution in [2.45, 2.75) is 44.7 Å². The largest absolute Gasteiger partial charge is 0.394 e. The number of hydrogen-bond donors (Lipinski definition) is 6. The van der Waals surface area contributed by atoms with E-state index in [1.807, 2.05) is 6.92 Å². The summed E-state index contributed by atoms with van der Waals surface area (Å²) in [6, 6.07) is 0. The van der Waals surface area contributed by atoms with Crippen LogP contribution in [0.5, 0.6) is 0 Å². The van der Waals surface area contributed by atoms with Crippen LogP contribution in [0, 0.1) is 0 Å². The van der Waals surface area contributed by atoms with Gasteiger partial charge in [0.05, 0.1) is 13.2 Å². The highest BCUT2D eigenvalue weighted by Crippen LogP contribution is 2.07. The SMILES string of the molecule is CCCCCC(O)(O)O.OCC(O)CO. The van der Waals surface area contributed by atoms with E-state index in [0.29, 0.717) is 6.42 Å². The normalized spacial score (nSPS) is 11.2. The molecule has 0 heterocycles. The molecule has 0 aromatic heterocycles. The van der Waals surface area contributed by atoms with Crippen molar-refractivity contribution in [1.29, 1.82) is 0 Å². The van der Waals surface area contributed by atoms with Crippen molar-refractivity contribution in [3.8, 4) is 0 Å². The molecule has 0 rings (SSSR count). The van der Waals surface area contributed by atoms with Gasteiger partial charge in [-0.2, -0.15) is 0 Å². The molecule has 0 radical (unpaired) electrons. The predicted octanol–water partition coefficient (Wildman–Crippen LogP) is -1.47. The Labute approximate surface area is 89.4 Å². The molecule has 15 heavy (non-hydrogen) atoms. The van der Waals surface area contributed by atoms with Crippen LogP contribution in [0.3, 0.4) is 0 Å². The van der Waals surface area contributed by atoms with Crippen molar-refractivity contribution in [3.63, 3.8) is 0 Å². The average Bonchev–Trinajstić information content (AvgIpc) is 2.16. The molecule has 6 N–H and O–H groups in total. The van der Waals surface area contributed by atoms with Gasteiger partial charge in [-0.05, 0) is 6.42 Å². The fourth-order valence-corrected chi connectivity index (χ4v) is 0.670. The molecule has 0 fully saturated rings. The second kappa shape index (κ2) is 10.3. The van der Waals surface area contributed by atoms with Gasteiger partial charge in [-0.25, -0.2) is 0 Å². The van der Waals surface area contributed by atoms with Gasteiger partial charge in [0.15, 0.2) is 0 Å². The monoisotopic (exact) mass is 226 g/mol. The van der Waals surface area contributed by atoms with Crippen LogP contribution in [0.1, 0.15) is 32.6 Å².